The number of pyridine rings is 1. The van der Waals surface area contributed by atoms with Gasteiger partial charge in [-0.1, -0.05) is 12.1 Å². The maximum absolute atomic E-state index is 12.0. The Balaban J connectivity index is 2.10. The van der Waals surface area contributed by atoms with Gasteiger partial charge in [0.2, 0.25) is 5.91 Å². The third-order valence-corrected chi connectivity index (χ3v) is 2.99. The smallest absolute Gasteiger partial charge is 0.255 e. The zero-order chi connectivity index (χ0) is 15.2. The third-order valence-electron chi connectivity index (χ3n) is 2.99. The number of amides is 1. The number of carbonyl (C=O) groups is 1. The van der Waals surface area contributed by atoms with E-state index < -0.39 is 0 Å². The molecule has 0 aliphatic heterocycles. The van der Waals surface area contributed by atoms with Crippen LogP contribution in [0.25, 0.3) is 0 Å². The molecule has 21 heavy (non-hydrogen) atoms. The van der Waals surface area contributed by atoms with E-state index in [1.165, 1.54) is 4.57 Å². The number of methoxy groups -OCH3 is 1. The van der Waals surface area contributed by atoms with Crippen molar-refractivity contribution >= 4 is 11.6 Å². The highest BCUT2D eigenvalue weighted by Crippen LogP contribution is 2.16. The average molecular weight is 287 g/mol. The molecule has 6 heteroatoms. The number of hydrogen-bond donors (Lipinski definition) is 2. The quantitative estimate of drug-likeness (QED) is 0.857. The molecular formula is C15H17N3O3. The van der Waals surface area contributed by atoms with Crippen molar-refractivity contribution in [2.45, 2.75) is 13.1 Å². The molecule has 1 heterocycles. The molecule has 0 aliphatic carbocycles. The van der Waals surface area contributed by atoms with Crippen LogP contribution < -0.4 is 21.3 Å². The van der Waals surface area contributed by atoms with Crippen molar-refractivity contribution in [2.24, 2.45) is 5.73 Å². The predicted octanol–water partition coefficient (Wildman–Crippen LogP) is 0.954. The van der Waals surface area contributed by atoms with Gasteiger partial charge in [-0.15, -0.1) is 0 Å². The van der Waals surface area contributed by atoms with Crippen LogP contribution >= 0.6 is 0 Å². The maximum atomic E-state index is 12.0. The summed E-state index contributed by atoms with van der Waals surface area (Å²) in [6.45, 7) is 0.0844. The van der Waals surface area contributed by atoms with Gasteiger partial charge >= 0.3 is 0 Å². The Bertz CT molecular complexity index is 695. The molecule has 0 saturated carbocycles. The Morgan fingerprint density at radius 2 is 2.14 bits per heavy atom. The molecule has 0 bridgehead atoms. The summed E-state index contributed by atoms with van der Waals surface area (Å²) in [5.41, 5.74) is 6.32. The molecule has 3 N–H and O–H groups in total. The molecule has 0 saturated heterocycles. The van der Waals surface area contributed by atoms with Crippen molar-refractivity contribution in [2.75, 3.05) is 12.4 Å². The summed E-state index contributed by atoms with van der Waals surface area (Å²) >= 11 is 0. The van der Waals surface area contributed by atoms with Crippen molar-refractivity contribution < 1.29 is 9.53 Å². The van der Waals surface area contributed by atoms with Crippen LogP contribution in [0.1, 0.15) is 5.56 Å². The lowest BCUT2D eigenvalue weighted by Gasteiger charge is -2.09. The summed E-state index contributed by atoms with van der Waals surface area (Å²) in [6.07, 6.45) is 1.56. The van der Waals surface area contributed by atoms with Gasteiger partial charge in [0, 0.05) is 30.1 Å². The standard InChI is InChI=1S/C15H17N3O3/c1-21-13-6-2-5-12(8-13)17-14(19)10-18-7-3-4-11(9-16)15(18)20/h2-8H,9-10,16H2,1H3,(H,17,19). The van der Waals surface area contributed by atoms with Crippen molar-refractivity contribution in [3.05, 3.63) is 58.5 Å². The molecule has 1 amide bonds. The van der Waals surface area contributed by atoms with Gasteiger partial charge in [-0.2, -0.15) is 0 Å². The SMILES string of the molecule is COc1cccc(NC(=O)Cn2cccc(CN)c2=O)c1. The normalized spacial score (nSPS) is 10.2. The first-order valence-electron chi connectivity index (χ1n) is 6.46. The second-order valence-corrected chi connectivity index (χ2v) is 4.45. The lowest BCUT2D eigenvalue weighted by atomic mass is 10.2. The summed E-state index contributed by atoms with van der Waals surface area (Å²) in [6, 6.07) is 10.4. The molecule has 2 aromatic rings. The number of benzene rings is 1. The summed E-state index contributed by atoms with van der Waals surface area (Å²) < 4.78 is 6.41. The van der Waals surface area contributed by atoms with Gasteiger partial charge in [0.25, 0.3) is 5.56 Å². The number of aromatic nitrogens is 1. The van der Waals surface area contributed by atoms with E-state index in [1.54, 1.807) is 49.7 Å². The van der Waals surface area contributed by atoms with E-state index in [2.05, 4.69) is 5.32 Å². The van der Waals surface area contributed by atoms with Crippen molar-refractivity contribution in [3.8, 4) is 5.75 Å². The average Bonchev–Trinajstić information content (AvgIpc) is 2.49. The monoisotopic (exact) mass is 287 g/mol. The maximum Gasteiger partial charge on any atom is 0.255 e. The Hall–Kier alpha value is -2.60. The van der Waals surface area contributed by atoms with E-state index in [0.29, 0.717) is 17.0 Å². The van der Waals surface area contributed by atoms with Crippen LogP contribution in [-0.4, -0.2) is 17.6 Å². The van der Waals surface area contributed by atoms with Crippen LogP contribution in [0.4, 0.5) is 5.69 Å². The van der Waals surface area contributed by atoms with E-state index in [9.17, 15) is 9.59 Å². The lowest BCUT2D eigenvalue weighted by molar-refractivity contribution is -0.116. The number of nitrogens with two attached hydrogens (primary N) is 1. The minimum absolute atomic E-state index is 0.0656. The molecule has 0 spiro atoms. The minimum Gasteiger partial charge on any atom is -0.497 e. The van der Waals surface area contributed by atoms with Crippen LogP contribution in [0.2, 0.25) is 0 Å². The number of carbonyl (C=O) groups excluding carboxylic acids is 1. The number of ether oxygens (including phenoxy) is 1. The van der Waals surface area contributed by atoms with Crippen LogP contribution in [0, 0.1) is 0 Å². The van der Waals surface area contributed by atoms with Gasteiger partial charge in [0.05, 0.1) is 7.11 Å². The first-order chi connectivity index (χ1) is 10.1. The van der Waals surface area contributed by atoms with Gasteiger partial charge < -0.3 is 20.4 Å². The van der Waals surface area contributed by atoms with E-state index in [1.807, 2.05) is 0 Å². The van der Waals surface area contributed by atoms with E-state index >= 15 is 0 Å². The zero-order valence-corrected chi connectivity index (χ0v) is 11.7. The van der Waals surface area contributed by atoms with Crippen molar-refractivity contribution in [3.63, 3.8) is 0 Å². The molecule has 1 aromatic carbocycles. The lowest BCUT2D eigenvalue weighted by Crippen LogP contribution is -2.29. The van der Waals surface area contributed by atoms with Crippen LogP contribution in [-0.2, 0) is 17.9 Å². The summed E-state index contributed by atoms with van der Waals surface area (Å²) in [4.78, 5) is 24.0. The van der Waals surface area contributed by atoms with Gasteiger partial charge in [-0.05, 0) is 18.2 Å². The van der Waals surface area contributed by atoms with Crippen LogP contribution in [0.15, 0.2) is 47.4 Å². The number of nitrogens with zero attached hydrogens (tertiary/aromatic N) is 1. The molecule has 0 fully saturated rings. The summed E-state index contributed by atoms with van der Waals surface area (Å²) in [5, 5.41) is 2.72. The first kappa shape index (κ1) is 14.8. The second-order valence-electron chi connectivity index (χ2n) is 4.45. The van der Waals surface area contributed by atoms with Crippen LogP contribution in [0.5, 0.6) is 5.75 Å². The Morgan fingerprint density at radius 1 is 1.33 bits per heavy atom. The first-order valence-corrected chi connectivity index (χ1v) is 6.46. The second kappa shape index (κ2) is 6.71. The molecule has 2 rings (SSSR count). The fourth-order valence-electron chi connectivity index (χ4n) is 1.92. The van der Waals surface area contributed by atoms with E-state index in [-0.39, 0.29) is 24.6 Å². The van der Waals surface area contributed by atoms with E-state index in [0.717, 1.165) is 0 Å². The highest BCUT2D eigenvalue weighted by Gasteiger charge is 2.07. The zero-order valence-electron chi connectivity index (χ0n) is 11.7. The number of rotatable bonds is 5. The van der Waals surface area contributed by atoms with Crippen molar-refractivity contribution in [1.29, 1.82) is 0 Å². The van der Waals surface area contributed by atoms with Crippen molar-refractivity contribution in [1.82, 2.24) is 4.57 Å². The van der Waals surface area contributed by atoms with Crippen LogP contribution in [0.3, 0.4) is 0 Å². The number of hydrogen-bond acceptors (Lipinski definition) is 4. The third kappa shape index (κ3) is 3.70. The van der Waals surface area contributed by atoms with E-state index in [4.69, 9.17) is 10.5 Å². The fraction of sp³-hybridized carbons (Fsp3) is 0.200. The Morgan fingerprint density at radius 3 is 2.86 bits per heavy atom. The Labute approximate surface area is 122 Å². The summed E-state index contributed by atoms with van der Waals surface area (Å²) in [5.74, 6) is 0.356. The molecular weight excluding hydrogens is 270 g/mol. The fourth-order valence-corrected chi connectivity index (χ4v) is 1.92. The Kier molecular flexibility index (Phi) is 4.73. The minimum atomic E-state index is -0.292. The number of nitrogens with one attached hydrogen (secondary N) is 1. The van der Waals surface area contributed by atoms with Gasteiger partial charge in [0.1, 0.15) is 12.3 Å². The molecule has 0 radical (unpaired) electrons. The molecule has 6 nitrogen and oxygen atoms in total. The number of anilines is 1. The molecule has 0 unspecified atom stereocenters. The molecule has 1 aromatic heterocycles. The topological polar surface area (TPSA) is 86.3 Å². The van der Waals surface area contributed by atoms with Gasteiger partial charge in [0.15, 0.2) is 0 Å². The largest absolute Gasteiger partial charge is 0.497 e. The summed E-state index contributed by atoms with van der Waals surface area (Å²) in [7, 11) is 1.55. The van der Waals surface area contributed by atoms with Gasteiger partial charge in [-0.25, -0.2) is 0 Å². The predicted molar refractivity (Wildman–Crippen MR) is 80.2 cm³/mol. The molecule has 0 aliphatic rings. The molecule has 0 atom stereocenters. The molecule has 110 valence electrons. The highest BCUT2D eigenvalue weighted by molar-refractivity contribution is 5.90. The van der Waals surface area contributed by atoms with Gasteiger partial charge in [-0.3, -0.25) is 9.59 Å². The highest BCUT2D eigenvalue weighted by atomic mass is 16.5.